The summed E-state index contributed by atoms with van der Waals surface area (Å²) < 4.78 is 5.21. The predicted molar refractivity (Wildman–Crippen MR) is 88.4 cm³/mol. The van der Waals surface area contributed by atoms with Gasteiger partial charge < -0.3 is 4.74 Å². The highest BCUT2D eigenvalue weighted by molar-refractivity contribution is 6.36. The maximum absolute atomic E-state index is 12.1. The van der Waals surface area contributed by atoms with Crippen molar-refractivity contribution in [1.82, 2.24) is 5.43 Å². The fraction of sp³-hybridized carbons (Fsp3) is 0.125. The molecule has 0 aromatic heterocycles. The van der Waals surface area contributed by atoms with Crippen molar-refractivity contribution in [2.45, 2.75) is 6.10 Å². The summed E-state index contributed by atoms with van der Waals surface area (Å²) in [5.74, 6) is -0.366. The molecule has 0 bridgehead atoms. The fourth-order valence-corrected chi connectivity index (χ4v) is 2.31. The van der Waals surface area contributed by atoms with Crippen LogP contribution in [0, 0.1) is 0 Å². The van der Waals surface area contributed by atoms with Crippen molar-refractivity contribution in [2.75, 3.05) is 7.11 Å². The molecule has 2 aromatic carbocycles. The molecule has 0 fully saturated rings. The van der Waals surface area contributed by atoms with Crippen LogP contribution >= 0.6 is 23.2 Å². The van der Waals surface area contributed by atoms with Gasteiger partial charge in [0.05, 0.1) is 11.2 Å². The number of nitrogens with zero attached hydrogens (tertiary/aromatic N) is 1. The minimum atomic E-state index is -0.723. The Morgan fingerprint density at radius 1 is 1.23 bits per heavy atom. The number of rotatable bonds is 5. The highest BCUT2D eigenvalue weighted by atomic mass is 35.5. The number of benzene rings is 2. The van der Waals surface area contributed by atoms with Crippen molar-refractivity contribution in [3.63, 3.8) is 0 Å². The lowest BCUT2D eigenvalue weighted by Crippen LogP contribution is -2.26. The molecule has 1 atom stereocenters. The van der Waals surface area contributed by atoms with E-state index in [0.29, 0.717) is 15.6 Å². The molecule has 0 saturated carbocycles. The van der Waals surface area contributed by atoms with E-state index in [2.05, 4.69) is 10.5 Å². The maximum atomic E-state index is 12.1. The smallest absolute Gasteiger partial charge is 0.273 e. The minimum Gasteiger partial charge on any atom is -0.367 e. The van der Waals surface area contributed by atoms with Crippen molar-refractivity contribution in [3.05, 3.63) is 69.7 Å². The van der Waals surface area contributed by atoms with Crippen LogP contribution in [0.2, 0.25) is 10.0 Å². The molecule has 0 aliphatic rings. The zero-order chi connectivity index (χ0) is 15.9. The molecule has 22 heavy (non-hydrogen) atoms. The molecule has 0 radical (unpaired) electrons. The Hall–Kier alpha value is -1.88. The van der Waals surface area contributed by atoms with E-state index in [-0.39, 0.29) is 5.91 Å². The Morgan fingerprint density at radius 3 is 2.59 bits per heavy atom. The van der Waals surface area contributed by atoms with Gasteiger partial charge in [0.15, 0.2) is 6.10 Å². The van der Waals surface area contributed by atoms with Crippen LogP contribution in [0.15, 0.2) is 53.6 Å². The first-order chi connectivity index (χ1) is 10.6. The molecule has 4 nitrogen and oxygen atoms in total. The van der Waals surface area contributed by atoms with Gasteiger partial charge in [-0.15, -0.1) is 0 Å². The highest BCUT2D eigenvalue weighted by Crippen LogP contribution is 2.19. The zero-order valence-electron chi connectivity index (χ0n) is 11.8. The molecule has 0 spiro atoms. The minimum absolute atomic E-state index is 0.366. The summed E-state index contributed by atoms with van der Waals surface area (Å²) in [6.07, 6.45) is 0.730. The predicted octanol–water partition coefficient (Wildman–Crippen LogP) is 3.83. The van der Waals surface area contributed by atoms with Gasteiger partial charge in [0.2, 0.25) is 0 Å². The molecule has 1 N–H and O–H groups in total. The monoisotopic (exact) mass is 336 g/mol. The lowest BCUT2D eigenvalue weighted by molar-refractivity contribution is -0.131. The number of hydrogen-bond donors (Lipinski definition) is 1. The molecule has 2 rings (SSSR count). The summed E-state index contributed by atoms with van der Waals surface area (Å²) >= 11 is 11.8. The number of hydrazone groups is 1. The van der Waals surface area contributed by atoms with Crippen LogP contribution in [0.3, 0.4) is 0 Å². The third kappa shape index (κ3) is 4.31. The topological polar surface area (TPSA) is 50.7 Å². The van der Waals surface area contributed by atoms with Gasteiger partial charge in [-0.2, -0.15) is 5.10 Å². The number of methoxy groups -OCH3 is 1. The van der Waals surface area contributed by atoms with Crippen LogP contribution < -0.4 is 5.43 Å². The van der Waals surface area contributed by atoms with E-state index in [1.165, 1.54) is 13.3 Å². The van der Waals surface area contributed by atoms with E-state index in [9.17, 15) is 4.79 Å². The van der Waals surface area contributed by atoms with Crippen LogP contribution in [0.1, 0.15) is 17.2 Å². The summed E-state index contributed by atoms with van der Waals surface area (Å²) in [6.45, 7) is 0. The van der Waals surface area contributed by atoms with Crippen molar-refractivity contribution in [3.8, 4) is 0 Å². The van der Waals surface area contributed by atoms with Gasteiger partial charge in [-0.05, 0) is 17.7 Å². The number of amides is 1. The summed E-state index contributed by atoms with van der Waals surface area (Å²) in [5.41, 5.74) is 3.84. The fourth-order valence-electron chi connectivity index (χ4n) is 1.85. The molecule has 1 unspecified atom stereocenters. The number of nitrogens with one attached hydrogen (secondary N) is 1. The average molecular weight is 337 g/mol. The van der Waals surface area contributed by atoms with E-state index >= 15 is 0 Å². The third-order valence-electron chi connectivity index (χ3n) is 2.92. The molecule has 0 aliphatic carbocycles. The number of hydrogen-bond acceptors (Lipinski definition) is 3. The van der Waals surface area contributed by atoms with Gasteiger partial charge in [0.25, 0.3) is 5.91 Å². The molecule has 0 heterocycles. The van der Waals surface area contributed by atoms with Gasteiger partial charge >= 0.3 is 0 Å². The summed E-state index contributed by atoms with van der Waals surface area (Å²) in [7, 11) is 1.47. The quantitative estimate of drug-likeness (QED) is 0.666. The Bertz CT molecular complexity index is 675. The standard InChI is InChI=1S/C16H14Cl2N2O2/c1-22-15(11-5-3-2-4-6-11)16(21)20-19-10-12-7-8-13(17)9-14(12)18/h2-10,15H,1H3,(H,20,21)/b19-10+. The van der Waals surface area contributed by atoms with E-state index in [1.807, 2.05) is 30.3 Å². The second kappa shape index (κ2) is 7.94. The number of halogens is 2. The van der Waals surface area contributed by atoms with Crippen LogP contribution in [0.4, 0.5) is 0 Å². The van der Waals surface area contributed by atoms with E-state index in [4.69, 9.17) is 27.9 Å². The van der Waals surface area contributed by atoms with Crippen LogP contribution in [-0.2, 0) is 9.53 Å². The first-order valence-electron chi connectivity index (χ1n) is 6.47. The molecule has 114 valence electrons. The van der Waals surface area contributed by atoms with Crippen LogP contribution in [0.25, 0.3) is 0 Å². The van der Waals surface area contributed by atoms with E-state index in [1.54, 1.807) is 18.2 Å². The van der Waals surface area contributed by atoms with Gasteiger partial charge in [-0.25, -0.2) is 5.43 Å². The molecular formula is C16H14Cl2N2O2. The van der Waals surface area contributed by atoms with Crippen LogP contribution in [-0.4, -0.2) is 19.2 Å². The van der Waals surface area contributed by atoms with Gasteiger partial charge in [-0.1, -0.05) is 59.6 Å². The van der Waals surface area contributed by atoms with Crippen molar-refractivity contribution >= 4 is 35.3 Å². The molecule has 0 aliphatic heterocycles. The summed E-state index contributed by atoms with van der Waals surface area (Å²) in [6, 6.07) is 14.2. The van der Waals surface area contributed by atoms with Crippen molar-refractivity contribution in [2.24, 2.45) is 5.10 Å². The molecule has 0 saturated heterocycles. The second-order valence-corrected chi connectivity index (χ2v) is 5.27. The largest absolute Gasteiger partial charge is 0.367 e. The van der Waals surface area contributed by atoms with Crippen molar-refractivity contribution < 1.29 is 9.53 Å². The lowest BCUT2D eigenvalue weighted by atomic mass is 10.1. The van der Waals surface area contributed by atoms with Gasteiger partial charge in [0.1, 0.15) is 0 Å². The molecular weight excluding hydrogens is 323 g/mol. The highest BCUT2D eigenvalue weighted by Gasteiger charge is 2.19. The Morgan fingerprint density at radius 2 is 1.95 bits per heavy atom. The van der Waals surface area contributed by atoms with Crippen molar-refractivity contribution in [1.29, 1.82) is 0 Å². The van der Waals surface area contributed by atoms with E-state index < -0.39 is 6.10 Å². The average Bonchev–Trinajstić information content (AvgIpc) is 2.51. The summed E-state index contributed by atoms with van der Waals surface area (Å²) in [4.78, 5) is 12.1. The first-order valence-corrected chi connectivity index (χ1v) is 7.23. The Balaban J connectivity index is 2.03. The SMILES string of the molecule is COC(C(=O)N/N=C/c1ccc(Cl)cc1Cl)c1ccccc1. The van der Waals surface area contributed by atoms with Gasteiger partial charge in [0, 0.05) is 17.7 Å². The molecule has 1 amide bonds. The first kappa shape index (κ1) is 16.5. The van der Waals surface area contributed by atoms with Crippen LogP contribution in [0.5, 0.6) is 0 Å². The molecule has 6 heteroatoms. The number of carbonyl (C=O) groups excluding carboxylic acids is 1. The Kier molecular flexibility index (Phi) is 5.95. The second-order valence-electron chi connectivity index (χ2n) is 4.43. The molecule has 2 aromatic rings. The maximum Gasteiger partial charge on any atom is 0.273 e. The number of ether oxygens (including phenoxy) is 1. The lowest BCUT2D eigenvalue weighted by Gasteiger charge is -2.13. The summed E-state index contributed by atoms with van der Waals surface area (Å²) in [5, 5.41) is 4.89. The van der Waals surface area contributed by atoms with E-state index in [0.717, 1.165) is 5.56 Å². The Labute approximate surface area is 138 Å². The third-order valence-corrected chi connectivity index (χ3v) is 3.48. The number of carbonyl (C=O) groups is 1. The normalized spacial score (nSPS) is 12.3. The zero-order valence-corrected chi connectivity index (χ0v) is 13.3. The van der Waals surface area contributed by atoms with Gasteiger partial charge in [-0.3, -0.25) is 4.79 Å².